The first-order valence-corrected chi connectivity index (χ1v) is 10.1. The summed E-state index contributed by atoms with van der Waals surface area (Å²) in [7, 11) is -2.20. The van der Waals surface area contributed by atoms with Crippen molar-refractivity contribution in [2.24, 2.45) is 0 Å². The van der Waals surface area contributed by atoms with Crippen LogP contribution in [0, 0.1) is 0 Å². The Bertz CT molecular complexity index is 742. The molecule has 3 atom stereocenters. The van der Waals surface area contributed by atoms with E-state index in [1.165, 1.54) is 0 Å². The molecule has 2 aromatic carbocycles. The first-order valence-electron chi connectivity index (χ1n) is 7.93. The van der Waals surface area contributed by atoms with Crippen molar-refractivity contribution in [2.45, 2.75) is 31.7 Å². The molecule has 0 aliphatic carbocycles. The highest BCUT2D eigenvalue weighted by molar-refractivity contribution is 7.37. The molecule has 0 fully saturated rings. The van der Waals surface area contributed by atoms with E-state index < -0.39 is 14.1 Å². The largest absolute Gasteiger partial charge is 0.510 e. The van der Waals surface area contributed by atoms with E-state index in [0.717, 1.165) is 16.7 Å². The average Bonchev–Trinajstić information content (AvgIpc) is 2.55. The molecule has 4 nitrogen and oxygen atoms in total. The lowest BCUT2D eigenvalue weighted by Crippen LogP contribution is -2.30. The van der Waals surface area contributed by atoms with Crippen LogP contribution in [0.5, 0.6) is 0 Å². The summed E-state index contributed by atoms with van der Waals surface area (Å²) in [6, 6.07) is 12.9. The predicted octanol–water partition coefficient (Wildman–Crippen LogP) is 4.48. The SMILES string of the molecule is CC(NCC(O)Cc1cccc(C[P+](=O)O)c1)c1ccc(Cl)c(Cl)c1. The van der Waals surface area contributed by atoms with Gasteiger partial charge in [-0.15, -0.1) is 0 Å². The Morgan fingerprint density at radius 2 is 1.84 bits per heavy atom. The van der Waals surface area contributed by atoms with E-state index in [2.05, 4.69) is 5.32 Å². The van der Waals surface area contributed by atoms with E-state index in [1.807, 2.05) is 43.3 Å². The van der Waals surface area contributed by atoms with Crippen LogP contribution in [-0.4, -0.2) is 22.6 Å². The molecule has 0 radical (unpaired) electrons. The molecule has 3 N–H and O–H groups in total. The third-order valence-electron chi connectivity index (χ3n) is 3.88. The predicted molar refractivity (Wildman–Crippen MR) is 103 cm³/mol. The summed E-state index contributed by atoms with van der Waals surface area (Å²) in [5, 5.41) is 14.5. The zero-order valence-corrected chi connectivity index (χ0v) is 16.2. The Kier molecular flexibility index (Phi) is 7.82. The van der Waals surface area contributed by atoms with Crippen LogP contribution >= 0.6 is 31.2 Å². The summed E-state index contributed by atoms with van der Waals surface area (Å²) >= 11 is 12.0. The maximum Gasteiger partial charge on any atom is 0.510 e. The summed E-state index contributed by atoms with van der Waals surface area (Å²) in [6.45, 7) is 2.41. The fourth-order valence-corrected chi connectivity index (χ4v) is 3.38. The lowest BCUT2D eigenvalue weighted by molar-refractivity contribution is 0.168. The van der Waals surface area contributed by atoms with E-state index >= 15 is 0 Å². The van der Waals surface area contributed by atoms with Crippen molar-refractivity contribution in [1.82, 2.24) is 5.32 Å². The second-order valence-corrected chi connectivity index (χ2v) is 7.83. The van der Waals surface area contributed by atoms with E-state index in [-0.39, 0.29) is 12.2 Å². The van der Waals surface area contributed by atoms with Crippen LogP contribution < -0.4 is 5.32 Å². The number of rotatable bonds is 8. The molecule has 3 unspecified atom stereocenters. The minimum atomic E-state index is -2.20. The molecular formula is C18H21Cl2NO3P+. The number of hydrogen-bond donors (Lipinski definition) is 3. The number of halogens is 2. The first kappa shape index (κ1) is 20.3. The second kappa shape index (κ2) is 9.63. The molecule has 0 heterocycles. The summed E-state index contributed by atoms with van der Waals surface area (Å²) < 4.78 is 10.9. The first-order chi connectivity index (χ1) is 11.8. The Morgan fingerprint density at radius 1 is 1.12 bits per heavy atom. The van der Waals surface area contributed by atoms with Crippen molar-refractivity contribution in [3.63, 3.8) is 0 Å². The molecule has 0 saturated carbocycles. The highest BCUT2D eigenvalue weighted by atomic mass is 35.5. The maximum atomic E-state index is 10.9. The molecule has 25 heavy (non-hydrogen) atoms. The van der Waals surface area contributed by atoms with Gasteiger partial charge < -0.3 is 10.4 Å². The zero-order chi connectivity index (χ0) is 18.4. The molecule has 0 bridgehead atoms. The molecule has 2 rings (SSSR count). The van der Waals surface area contributed by atoms with E-state index in [4.69, 9.17) is 28.1 Å². The molecule has 0 spiro atoms. The van der Waals surface area contributed by atoms with Gasteiger partial charge in [0.2, 0.25) is 6.16 Å². The summed E-state index contributed by atoms with van der Waals surface area (Å²) in [5.74, 6) is 0. The van der Waals surface area contributed by atoms with Crippen molar-refractivity contribution < 1.29 is 14.6 Å². The smallest absolute Gasteiger partial charge is 0.391 e. The minimum absolute atomic E-state index is 0.0224. The standard InChI is InChI=1S/C18H20Cl2NO3P/c1-12(15-5-6-17(19)18(20)9-15)21-10-16(22)8-13-3-2-4-14(7-13)11-25(23)24/h2-7,9,12,16,21-22H,8,10-11H2,1H3/p+1. The quantitative estimate of drug-likeness (QED) is 0.571. The van der Waals surface area contributed by atoms with Gasteiger partial charge in [-0.1, -0.05) is 53.5 Å². The van der Waals surface area contributed by atoms with Gasteiger partial charge in [-0.05, 0) is 41.2 Å². The summed E-state index contributed by atoms with van der Waals surface area (Å²) in [4.78, 5) is 9.00. The van der Waals surface area contributed by atoms with E-state index in [1.54, 1.807) is 6.07 Å². The topological polar surface area (TPSA) is 69.6 Å². The highest BCUT2D eigenvalue weighted by Gasteiger charge is 2.14. The Morgan fingerprint density at radius 3 is 2.52 bits per heavy atom. The third kappa shape index (κ3) is 6.67. The number of aliphatic hydroxyl groups excluding tert-OH is 1. The van der Waals surface area contributed by atoms with Gasteiger partial charge in [0, 0.05) is 18.2 Å². The highest BCUT2D eigenvalue weighted by Crippen LogP contribution is 2.25. The van der Waals surface area contributed by atoms with Crippen molar-refractivity contribution in [2.75, 3.05) is 6.54 Å². The van der Waals surface area contributed by atoms with Gasteiger partial charge in [0.05, 0.1) is 16.1 Å². The fraction of sp³-hybridized carbons (Fsp3) is 0.333. The van der Waals surface area contributed by atoms with Crippen molar-refractivity contribution in [3.05, 3.63) is 69.2 Å². The van der Waals surface area contributed by atoms with Crippen LogP contribution in [-0.2, 0) is 17.1 Å². The van der Waals surface area contributed by atoms with Crippen LogP contribution in [0.2, 0.25) is 10.0 Å². The molecule has 134 valence electrons. The molecule has 0 saturated heterocycles. The fourth-order valence-electron chi connectivity index (χ4n) is 2.57. The maximum absolute atomic E-state index is 10.9. The van der Waals surface area contributed by atoms with Crippen LogP contribution in [0.15, 0.2) is 42.5 Å². The van der Waals surface area contributed by atoms with Crippen LogP contribution in [0.1, 0.15) is 29.7 Å². The van der Waals surface area contributed by atoms with Crippen molar-refractivity contribution >= 4 is 31.2 Å². The Labute approximate surface area is 158 Å². The lowest BCUT2D eigenvalue weighted by atomic mass is 10.0. The number of aliphatic hydroxyl groups is 1. The van der Waals surface area contributed by atoms with Gasteiger partial charge in [0.15, 0.2) is 0 Å². The van der Waals surface area contributed by atoms with Crippen LogP contribution in [0.4, 0.5) is 0 Å². The van der Waals surface area contributed by atoms with Gasteiger partial charge in [-0.2, -0.15) is 4.89 Å². The van der Waals surface area contributed by atoms with Gasteiger partial charge in [0.1, 0.15) is 0 Å². The second-order valence-electron chi connectivity index (χ2n) is 5.99. The zero-order valence-electron chi connectivity index (χ0n) is 13.8. The lowest BCUT2D eigenvalue weighted by Gasteiger charge is -2.18. The average molecular weight is 401 g/mol. The van der Waals surface area contributed by atoms with Gasteiger partial charge in [0.25, 0.3) is 0 Å². The molecule has 0 aromatic heterocycles. The monoisotopic (exact) mass is 400 g/mol. The minimum Gasteiger partial charge on any atom is -0.391 e. The number of hydrogen-bond acceptors (Lipinski definition) is 3. The summed E-state index contributed by atoms with van der Waals surface area (Å²) in [6.07, 6.45) is 0.0339. The van der Waals surface area contributed by atoms with Gasteiger partial charge in [-0.25, -0.2) is 0 Å². The molecule has 7 heteroatoms. The van der Waals surface area contributed by atoms with E-state index in [9.17, 15) is 9.67 Å². The Balaban J connectivity index is 1.88. The molecule has 0 amide bonds. The van der Waals surface area contributed by atoms with Crippen LogP contribution in [0.3, 0.4) is 0 Å². The third-order valence-corrected chi connectivity index (χ3v) is 5.26. The van der Waals surface area contributed by atoms with E-state index in [0.29, 0.717) is 23.0 Å². The molecule has 2 aromatic rings. The summed E-state index contributed by atoms with van der Waals surface area (Å²) in [5.41, 5.74) is 2.73. The number of nitrogens with one attached hydrogen (secondary N) is 1. The van der Waals surface area contributed by atoms with Gasteiger partial charge in [-0.3, -0.25) is 0 Å². The normalized spacial score (nSPS) is 14.2. The van der Waals surface area contributed by atoms with Crippen LogP contribution in [0.25, 0.3) is 0 Å². The van der Waals surface area contributed by atoms with Crippen molar-refractivity contribution in [3.8, 4) is 0 Å². The van der Waals surface area contributed by atoms with Gasteiger partial charge >= 0.3 is 8.03 Å². The molecule has 0 aliphatic heterocycles. The molecular weight excluding hydrogens is 380 g/mol. The number of benzene rings is 2. The van der Waals surface area contributed by atoms with Crippen molar-refractivity contribution in [1.29, 1.82) is 0 Å². The Hall–Kier alpha value is -1.000. The molecule has 0 aliphatic rings.